The molecule has 0 spiro atoms. The van der Waals surface area contributed by atoms with Crippen molar-refractivity contribution in [2.24, 2.45) is 0 Å². The standard InChI is InChI=1S/C55H107NO5/c1-3-5-7-9-11-13-15-28-31-35-39-43-47-53(58)52(51-57)56-54(59)48-44-40-36-32-29-25-23-21-19-17-16-18-20-22-24-26-30-34-38-42-46-50-61-55(60)49-45-41-37-33-27-14-12-10-8-6-4-2/h43,47,52-53,57-58H,3-42,44-46,48-51H2,1-2H3,(H,56,59)/b47-43+. The van der Waals surface area contributed by atoms with E-state index in [-0.39, 0.29) is 18.5 Å². The summed E-state index contributed by atoms with van der Waals surface area (Å²) < 4.78 is 5.46. The molecule has 3 N–H and O–H groups in total. The van der Waals surface area contributed by atoms with E-state index in [1.54, 1.807) is 6.08 Å². The van der Waals surface area contributed by atoms with Crippen molar-refractivity contribution in [2.45, 2.75) is 315 Å². The minimum Gasteiger partial charge on any atom is -0.466 e. The predicted octanol–water partition coefficient (Wildman–Crippen LogP) is 16.5. The van der Waals surface area contributed by atoms with E-state index in [0.717, 1.165) is 38.5 Å². The van der Waals surface area contributed by atoms with Crippen LogP contribution in [0.2, 0.25) is 0 Å². The van der Waals surface area contributed by atoms with Crippen LogP contribution in [0.5, 0.6) is 0 Å². The van der Waals surface area contributed by atoms with Gasteiger partial charge in [-0.15, -0.1) is 0 Å². The summed E-state index contributed by atoms with van der Waals surface area (Å²) in [6.07, 6.45) is 59.4. The van der Waals surface area contributed by atoms with Gasteiger partial charge >= 0.3 is 5.97 Å². The van der Waals surface area contributed by atoms with Crippen LogP contribution in [0.4, 0.5) is 0 Å². The number of hydrogen-bond donors (Lipinski definition) is 3. The minimum atomic E-state index is -0.842. The highest BCUT2D eigenvalue weighted by atomic mass is 16.5. The second-order valence-corrected chi connectivity index (χ2v) is 18.9. The van der Waals surface area contributed by atoms with Crippen molar-refractivity contribution in [1.82, 2.24) is 5.32 Å². The SMILES string of the molecule is CCCCCCCCCCCC/C=C/C(O)C(CO)NC(=O)CCCCCCCCCCCCCCCCCCCCCCCOC(=O)CCCCCCCCCCCCC. The molecule has 1 amide bonds. The van der Waals surface area contributed by atoms with E-state index in [0.29, 0.717) is 19.4 Å². The van der Waals surface area contributed by atoms with Crippen LogP contribution in [0.3, 0.4) is 0 Å². The van der Waals surface area contributed by atoms with Crippen LogP contribution in [-0.2, 0) is 14.3 Å². The van der Waals surface area contributed by atoms with E-state index in [9.17, 15) is 19.8 Å². The highest BCUT2D eigenvalue weighted by Gasteiger charge is 2.18. The fourth-order valence-electron chi connectivity index (χ4n) is 8.58. The van der Waals surface area contributed by atoms with E-state index >= 15 is 0 Å². The summed E-state index contributed by atoms with van der Waals surface area (Å²) in [4.78, 5) is 24.4. The van der Waals surface area contributed by atoms with Gasteiger partial charge in [0.1, 0.15) is 0 Å². The molecule has 61 heavy (non-hydrogen) atoms. The molecule has 0 rings (SSSR count). The summed E-state index contributed by atoms with van der Waals surface area (Å²) in [5, 5.41) is 23.0. The molecule has 0 aromatic rings. The number of carbonyl (C=O) groups excluding carboxylic acids is 2. The fourth-order valence-corrected chi connectivity index (χ4v) is 8.58. The highest BCUT2D eigenvalue weighted by molar-refractivity contribution is 5.76. The Morgan fingerprint density at radius 3 is 1.11 bits per heavy atom. The molecule has 2 atom stereocenters. The molecule has 0 fully saturated rings. The summed E-state index contributed by atoms with van der Waals surface area (Å²) >= 11 is 0. The van der Waals surface area contributed by atoms with Crippen molar-refractivity contribution in [3.63, 3.8) is 0 Å². The molecule has 0 saturated heterocycles. The first-order chi connectivity index (χ1) is 30.0. The number of ether oxygens (including phenoxy) is 1. The zero-order valence-electron chi connectivity index (χ0n) is 41.2. The number of nitrogens with one attached hydrogen (secondary N) is 1. The zero-order chi connectivity index (χ0) is 44.4. The molecule has 0 bridgehead atoms. The molecule has 6 nitrogen and oxygen atoms in total. The molecule has 6 heteroatoms. The maximum atomic E-state index is 12.4. The van der Waals surface area contributed by atoms with Crippen molar-refractivity contribution in [3.05, 3.63) is 12.2 Å². The van der Waals surface area contributed by atoms with Crippen LogP contribution < -0.4 is 5.32 Å². The summed E-state index contributed by atoms with van der Waals surface area (Å²) in [5.74, 6) is -0.0576. The summed E-state index contributed by atoms with van der Waals surface area (Å²) in [7, 11) is 0. The van der Waals surface area contributed by atoms with E-state index in [4.69, 9.17) is 4.74 Å². The Hall–Kier alpha value is -1.40. The topological polar surface area (TPSA) is 95.9 Å². The Bertz CT molecular complexity index is 909. The molecular formula is C55H107NO5. The number of rotatable bonds is 51. The summed E-state index contributed by atoms with van der Waals surface area (Å²) in [6, 6.07) is -0.626. The fraction of sp³-hybridized carbons (Fsp3) is 0.927. The maximum Gasteiger partial charge on any atom is 0.305 e. The van der Waals surface area contributed by atoms with Crippen molar-refractivity contribution in [2.75, 3.05) is 13.2 Å². The lowest BCUT2D eigenvalue weighted by molar-refractivity contribution is -0.143. The number of esters is 1. The average Bonchev–Trinajstić information content (AvgIpc) is 3.26. The maximum absolute atomic E-state index is 12.4. The van der Waals surface area contributed by atoms with E-state index in [1.165, 1.54) is 238 Å². The lowest BCUT2D eigenvalue weighted by Crippen LogP contribution is -2.45. The van der Waals surface area contributed by atoms with Gasteiger partial charge in [-0.1, -0.05) is 270 Å². The number of aliphatic hydroxyl groups excluding tert-OH is 2. The average molecular weight is 862 g/mol. The number of unbranched alkanes of at least 4 members (excludes halogenated alkanes) is 40. The van der Waals surface area contributed by atoms with E-state index < -0.39 is 12.1 Å². The molecule has 0 aliphatic carbocycles. The van der Waals surface area contributed by atoms with Crippen molar-refractivity contribution >= 4 is 11.9 Å². The van der Waals surface area contributed by atoms with Gasteiger partial charge in [-0.2, -0.15) is 0 Å². The Balaban J connectivity index is 3.39. The van der Waals surface area contributed by atoms with Crippen molar-refractivity contribution in [1.29, 1.82) is 0 Å². The third-order valence-corrected chi connectivity index (χ3v) is 12.8. The largest absolute Gasteiger partial charge is 0.466 e. The molecule has 0 aromatic heterocycles. The summed E-state index contributed by atoms with van der Waals surface area (Å²) in [6.45, 7) is 4.90. The molecule has 0 aromatic carbocycles. The number of carbonyl (C=O) groups is 2. The number of amides is 1. The van der Waals surface area contributed by atoms with Gasteiger partial charge in [-0.3, -0.25) is 9.59 Å². The van der Waals surface area contributed by atoms with E-state index in [1.807, 2.05) is 6.08 Å². The first kappa shape index (κ1) is 59.6. The Morgan fingerprint density at radius 2 is 0.754 bits per heavy atom. The molecule has 2 unspecified atom stereocenters. The number of aliphatic hydroxyl groups is 2. The van der Waals surface area contributed by atoms with Crippen LogP contribution in [0.15, 0.2) is 12.2 Å². The molecule has 0 saturated carbocycles. The quantitative estimate of drug-likeness (QED) is 0.0322. The first-order valence-corrected chi connectivity index (χ1v) is 27.5. The Labute approximate surface area is 380 Å². The van der Waals surface area contributed by atoms with Crippen molar-refractivity contribution in [3.8, 4) is 0 Å². The normalized spacial score (nSPS) is 12.7. The van der Waals surface area contributed by atoms with Crippen LogP contribution in [0.1, 0.15) is 303 Å². The second-order valence-electron chi connectivity index (χ2n) is 18.9. The lowest BCUT2D eigenvalue weighted by atomic mass is 10.0. The lowest BCUT2D eigenvalue weighted by Gasteiger charge is -2.20. The minimum absolute atomic E-state index is 0.0111. The van der Waals surface area contributed by atoms with Gasteiger partial charge in [0.05, 0.1) is 25.4 Å². The third kappa shape index (κ3) is 47.9. The number of hydrogen-bond acceptors (Lipinski definition) is 5. The van der Waals surface area contributed by atoms with E-state index in [2.05, 4.69) is 19.2 Å². The van der Waals surface area contributed by atoms with Crippen LogP contribution >= 0.6 is 0 Å². The van der Waals surface area contributed by atoms with Gasteiger partial charge < -0.3 is 20.3 Å². The molecule has 0 aliphatic rings. The van der Waals surface area contributed by atoms with Crippen molar-refractivity contribution < 1.29 is 24.5 Å². The van der Waals surface area contributed by atoms with Gasteiger partial charge in [-0.25, -0.2) is 0 Å². The smallest absolute Gasteiger partial charge is 0.305 e. The Morgan fingerprint density at radius 1 is 0.443 bits per heavy atom. The highest BCUT2D eigenvalue weighted by Crippen LogP contribution is 2.17. The third-order valence-electron chi connectivity index (χ3n) is 12.8. The zero-order valence-corrected chi connectivity index (χ0v) is 41.2. The number of allylic oxidation sites excluding steroid dienone is 1. The predicted molar refractivity (Wildman–Crippen MR) is 264 cm³/mol. The molecule has 362 valence electrons. The molecular weight excluding hydrogens is 755 g/mol. The van der Waals surface area contributed by atoms with Gasteiger partial charge in [0.25, 0.3) is 0 Å². The Kier molecular flexibility index (Phi) is 50.1. The monoisotopic (exact) mass is 862 g/mol. The molecule has 0 radical (unpaired) electrons. The summed E-state index contributed by atoms with van der Waals surface area (Å²) in [5.41, 5.74) is 0. The van der Waals surface area contributed by atoms with Gasteiger partial charge in [0.15, 0.2) is 0 Å². The van der Waals surface area contributed by atoms with Gasteiger partial charge in [0.2, 0.25) is 5.91 Å². The second kappa shape index (κ2) is 51.2. The van der Waals surface area contributed by atoms with Gasteiger partial charge in [-0.05, 0) is 32.1 Å². The molecule has 0 aliphatic heterocycles. The first-order valence-electron chi connectivity index (χ1n) is 27.5. The van der Waals surface area contributed by atoms with Crippen LogP contribution in [0.25, 0.3) is 0 Å². The van der Waals surface area contributed by atoms with Gasteiger partial charge in [0, 0.05) is 12.8 Å². The molecule has 0 heterocycles. The van der Waals surface area contributed by atoms with Crippen LogP contribution in [0, 0.1) is 0 Å². The van der Waals surface area contributed by atoms with Crippen LogP contribution in [-0.4, -0.2) is 47.4 Å².